The Bertz CT molecular complexity index is 6830. The SMILES string of the molecule is COc1c(OCCCN2CCOCC2)ccc2c3n(c(=NC(=O)c4cnc(N)nc4)nc12)CCN3.COc1ccc(-c2cc3c(C)nc(N)nc3n(C3CCC(OCCO)CC3)c2=O)cn1.COc1ncc(-c2ccc3nccc(-c4ccnnc4)c3c2)cc1NS(=O)(=O)c1ccc(F)cc1F.Oc1cccc(-c2nc(N3CCOCC3)c3oc4ncccc4c3n2)c1. The lowest BCUT2D eigenvalue weighted by molar-refractivity contribution is 0.00168. The number of halogens is 2. The van der Waals surface area contributed by atoms with E-state index in [1.165, 1.54) is 31.8 Å². The van der Waals surface area contributed by atoms with Crippen LogP contribution in [-0.2, 0) is 30.8 Å². The number of ether oxygens (including phenoxy) is 7. The fourth-order valence-corrected chi connectivity index (χ4v) is 16.6. The summed E-state index contributed by atoms with van der Waals surface area (Å²) in [5.41, 5.74) is 21.3. The third-order valence-corrected chi connectivity index (χ3v) is 23.1. The number of sulfonamides is 1. The number of nitrogen functional groups attached to an aromatic ring is 2. The van der Waals surface area contributed by atoms with Crippen LogP contribution >= 0.6 is 0 Å². The molecule has 11 aromatic heterocycles. The molecular weight excluding hydrogens is 1670 g/mol. The molecule has 4 aliphatic rings. The maximum atomic E-state index is 14.2. The number of benzene rings is 4. The minimum Gasteiger partial charge on any atom is -0.508 e. The third-order valence-electron chi connectivity index (χ3n) is 21.7. The van der Waals surface area contributed by atoms with Gasteiger partial charge in [0, 0.05) is 145 Å². The number of phenolic OH excluding ortho intramolecular Hbond substituents is 1. The predicted octanol–water partition coefficient (Wildman–Crippen LogP) is 10.8. The van der Waals surface area contributed by atoms with E-state index in [0.717, 1.165) is 162 Å². The summed E-state index contributed by atoms with van der Waals surface area (Å²) < 4.78 is 104. The van der Waals surface area contributed by atoms with Gasteiger partial charge in [0.25, 0.3) is 21.5 Å². The van der Waals surface area contributed by atoms with Crippen molar-refractivity contribution in [2.75, 3.05) is 133 Å². The predicted molar refractivity (Wildman–Crippen MR) is 473 cm³/mol. The van der Waals surface area contributed by atoms with Gasteiger partial charge in [-0.2, -0.15) is 20.2 Å². The van der Waals surface area contributed by atoms with E-state index in [-0.39, 0.29) is 64.7 Å². The van der Waals surface area contributed by atoms with Crippen LogP contribution in [0.2, 0.25) is 0 Å². The number of nitrogens with one attached hydrogen (secondary N) is 2. The number of hydrogen-bond acceptors (Lipinski definition) is 32. The highest BCUT2D eigenvalue weighted by Crippen LogP contribution is 2.41. The topological polar surface area (TPSA) is 459 Å². The monoisotopic (exact) mass is 1760 g/mol. The number of pyridine rings is 5. The lowest BCUT2D eigenvalue weighted by Crippen LogP contribution is -2.37. The number of aromatic hydroxyl groups is 1. The Hall–Kier alpha value is -14.5. The molecule has 15 aromatic rings. The van der Waals surface area contributed by atoms with Gasteiger partial charge in [0.15, 0.2) is 28.7 Å². The maximum Gasteiger partial charge on any atom is 0.283 e. The van der Waals surface area contributed by atoms with E-state index in [0.29, 0.717) is 108 Å². The number of carbonyl (C=O) groups is 1. The molecule has 1 amide bonds. The molecule has 0 spiro atoms. The van der Waals surface area contributed by atoms with Crippen molar-refractivity contribution in [2.45, 2.75) is 62.6 Å². The summed E-state index contributed by atoms with van der Waals surface area (Å²) >= 11 is 0. The first-order chi connectivity index (χ1) is 62.3. The number of phenols is 1. The Morgan fingerprint density at radius 2 is 1.45 bits per heavy atom. The molecule has 36 nitrogen and oxygen atoms in total. The van der Waals surface area contributed by atoms with E-state index < -0.39 is 32.5 Å². The number of aromatic nitrogens is 15. The van der Waals surface area contributed by atoms with Crippen molar-refractivity contribution < 1.29 is 69.8 Å². The molecule has 39 heteroatoms. The number of methoxy groups -OCH3 is 3. The van der Waals surface area contributed by atoms with E-state index in [1.807, 2.05) is 84.3 Å². The van der Waals surface area contributed by atoms with Gasteiger partial charge in [0.1, 0.15) is 50.5 Å². The van der Waals surface area contributed by atoms with Crippen LogP contribution in [0.3, 0.4) is 0 Å². The lowest BCUT2D eigenvalue weighted by Gasteiger charge is -2.30. The van der Waals surface area contributed by atoms with Crippen molar-refractivity contribution in [3.63, 3.8) is 0 Å². The fraction of sp³-hybridized carbons (Fsp3) is 0.281. The zero-order valence-corrected chi connectivity index (χ0v) is 70.7. The molecule has 0 radical (unpaired) electrons. The van der Waals surface area contributed by atoms with Gasteiger partial charge in [-0.05, 0) is 141 Å². The first-order valence-corrected chi connectivity index (χ1v) is 42.5. The van der Waals surface area contributed by atoms with E-state index in [9.17, 15) is 31.9 Å². The molecule has 3 fully saturated rings. The zero-order valence-electron chi connectivity index (χ0n) is 69.9. The van der Waals surface area contributed by atoms with E-state index in [2.05, 4.69) is 74.9 Å². The van der Waals surface area contributed by atoms with Crippen LogP contribution in [0, 0.1) is 18.6 Å². The quantitative estimate of drug-likeness (QED) is 0.0364. The van der Waals surface area contributed by atoms with Crippen LogP contribution in [-0.4, -0.2) is 217 Å². The van der Waals surface area contributed by atoms with Crippen LogP contribution in [0.15, 0.2) is 190 Å². The van der Waals surface area contributed by atoms with Crippen molar-refractivity contribution in [3.05, 3.63) is 210 Å². The molecule has 128 heavy (non-hydrogen) atoms. The molecule has 19 rings (SSSR count). The van der Waals surface area contributed by atoms with Crippen LogP contribution < -0.4 is 56.5 Å². The van der Waals surface area contributed by atoms with E-state index in [1.54, 1.807) is 74.0 Å². The smallest absolute Gasteiger partial charge is 0.283 e. The second-order valence-electron chi connectivity index (χ2n) is 29.8. The van der Waals surface area contributed by atoms with Gasteiger partial charge in [0.2, 0.25) is 35.0 Å². The number of fused-ring (bicyclic) bond motifs is 8. The largest absolute Gasteiger partial charge is 0.508 e. The number of aliphatic hydroxyl groups excluding tert-OH is 1. The highest BCUT2D eigenvalue weighted by molar-refractivity contribution is 7.92. The molecule has 8 N–H and O–H groups in total. The molecule has 4 aromatic carbocycles. The summed E-state index contributed by atoms with van der Waals surface area (Å²) in [6.45, 7) is 11.3. The molecule has 1 aliphatic carbocycles. The number of rotatable bonds is 21. The van der Waals surface area contributed by atoms with E-state index >= 15 is 0 Å². The molecule has 0 bridgehead atoms. The zero-order chi connectivity index (χ0) is 89.0. The average molecular weight is 1760 g/mol. The second kappa shape index (κ2) is 39.4. The second-order valence-corrected chi connectivity index (χ2v) is 31.5. The standard InChI is InChI=1S/C25H17F2N5O3S.C23H28N8O4.C22H27N5O4.C19H16N4O3/c1-35-25-23(32-36(33,34)24-5-3-18(26)12-21(24)27)11-17(13-29-25)15-2-4-22-20(10-15)19(7-8-28-22)16-6-9-30-31-14-16;1-33-19-17(35-10-2-6-30-8-11-34-12-9-30)4-3-16-18(19)28-23(31-7-5-25-20(16)31)29-21(32)15-13-26-22(24)27-14-15;1-13-17-11-18(14-3-8-19(30-2)24-12-14)21(29)27(20(17)26-22(23)25-13)15-4-6-16(7-5-15)31-10-9-28;24-13-4-1-3-12(11-13)17-21-15-14-5-2-6-20-19(14)26-16(15)18(22-17)23-7-9-25-10-8-23/h2-14,32H,1H3;3-4,13-14,25H,2,5-12H2,1H3,(H2,24,26,27);3,8,11-12,15-16,28H,4-7,9-10H2,1-2H3,(H2,23,25,26);1-6,11,24H,7-10H2. The van der Waals surface area contributed by atoms with Crippen molar-refractivity contribution >= 4 is 100 Å². The van der Waals surface area contributed by atoms with E-state index in [4.69, 9.17) is 69.1 Å². The Balaban J connectivity index is 0.000000126. The van der Waals surface area contributed by atoms with Crippen molar-refractivity contribution in [2.24, 2.45) is 4.99 Å². The van der Waals surface area contributed by atoms with Crippen molar-refractivity contribution in [1.82, 2.24) is 79.1 Å². The summed E-state index contributed by atoms with van der Waals surface area (Å²) in [6, 6.07) is 33.0. The van der Waals surface area contributed by atoms with Crippen LogP contribution in [0.25, 0.3) is 99.8 Å². The molecule has 14 heterocycles. The first kappa shape index (κ1) is 87.0. The lowest BCUT2D eigenvalue weighted by atomic mass is 9.92. The Morgan fingerprint density at radius 1 is 0.664 bits per heavy atom. The minimum absolute atomic E-state index is 0.0106. The van der Waals surface area contributed by atoms with Crippen LogP contribution in [0.4, 0.5) is 38.0 Å². The van der Waals surface area contributed by atoms with Gasteiger partial charge in [-0.1, -0.05) is 18.2 Å². The minimum atomic E-state index is -4.40. The van der Waals surface area contributed by atoms with Crippen LogP contribution in [0.5, 0.6) is 29.0 Å². The van der Waals surface area contributed by atoms with Gasteiger partial charge < -0.3 is 69.5 Å². The number of hydrogen-bond donors (Lipinski definition) is 6. The molecule has 1 saturated carbocycles. The third kappa shape index (κ3) is 19.5. The molecule has 3 aliphatic heterocycles. The van der Waals surface area contributed by atoms with Gasteiger partial charge in [-0.15, -0.1) is 0 Å². The Morgan fingerprint density at radius 3 is 2.20 bits per heavy atom. The molecule has 658 valence electrons. The molecule has 2 saturated heterocycles. The number of nitrogens with two attached hydrogens (primary N) is 2. The number of anilines is 5. The Labute approximate surface area is 729 Å². The fourth-order valence-electron chi connectivity index (χ4n) is 15.5. The van der Waals surface area contributed by atoms with Gasteiger partial charge in [-0.3, -0.25) is 33.3 Å². The number of nitrogens with zero attached hydrogens (tertiary/aromatic N) is 18. The molecule has 0 unspecified atom stereocenters. The number of aliphatic hydroxyl groups is 1. The van der Waals surface area contributed by atoms with Crippen molar-refractivity contribution in [1.29, 1.82) is 0 Å². The number of aryl methyl sites for hydroxylation is 1. The Kier molecular flexibility index (Phi) is 26.7. The summed E-state index contributed by atoms with van der Waals surface area (Å²) in [5.74, 6) is 1.48. The summed E-state index contributed by atoms with van der Waals surface area (Å²) in [6.07, 6.45) is 16.7. The molecular formula is C89H88F2N22O14S. The molecule has 0 atom stereocenters. The van der Waals surface area contributed by atoms with Crippen LogP contribution in [0.1, 0.15) is 54.2 Å². The normalized spacial score (nSPS) is 15.3. The van der Waals surface area contributed by atoms with Gasteiger partial charge >= 0.3 is 0 Å². The summed E-state index contributed by atoms with van der Waals surface area (Å²) in [5, 5.41) is 33.3. The number of morpholine rings is 2. The van der Waals surface area contributed by atoms with Gasteiger partial charge in [0.05, 0.1) is 108 Å². The average Bonchev–Trinajstić information content (AvgIpc) is 1.29. The summed E-state index contributed by atoms with van der Waals surface area (Å²) in [4.78, 5) is 82.3. The summed E-state index contributed by atoms with van der Waals surface area (Å²) in [7, 11) is 0.0583. The number of carbonyl (C=O) groups excluding carboxylic acids is 1. The number of furan rings is 1. The highest BCUT2D eigenvalue weighted by Gasteiger charge is 2.30. The van der Waals surface area contributed by atoms with Gasteiger partial charge in [-0.25, -0.2) is 62.1 Å². The first-order valence-electron chi connectivity index (χ1n) is 41.0. The number of amides is 1. The maximum absolute atomic E-state index is 14.2. The highest BCUT2D eigenvalue weighted by atomic mass is 32.2. The van der Waals surface area contributed by atoms with Crippen molar-refractivity contribution in [3.8, 4) is 73.8 Å².